The Morgan fingerprint density at radius 1 is 0.971 bits per heavy atom. The van der Waals surface area contributed by atoms with E-state index >= 15 is 0 Å². The number of benzene rings is 3. The Morgan fingerprint density at radius 3 is 2.41 bits per heavy atom. The van der Waals surface area contributed by atoms with Crippen molar-refractivity contribution in [1.29, 1.82) is 0 Å². The van der Waals surface area contributed by atoms with Crippen LogP contribution in [0, 0.1) is 0 Å². The van der Waals surface area contributed by atoms with E-state index in [4.69, 9.17) is 9.47 Å². The van der Waals surface area contributed by atoms with Gasteiger partial charge in [0.15, 0.2) is 17.1 Å². The van der Waals surface area contributed by atoms with Gasteiger partial charge < -0.3 is 14.8 Å². The van der Waals surface area contributed by atoms with Crippen LogP contribution >= 0.6 is 11.8 Å². The minimum Gasteiger partial charge on any atom is -0.497 e. The van der Waals surface area contributed by atoms with Crippen LogP contribution in [-0.4, -0.2) is 33.5 Å². The second-order valence-electron chi connectivity index (χ2n) is 7.50. The number of ether oxygens (including phenoxy) is 2. The van der Waals surface area contributed by atoms with Gasteiger partial charge in [0.25, 0.3) is 0 Å². The number of rotatable bonds is 10. The van der Waals surface area contributed by atoms with Gasteiger partial charge in [0.05, 0.1) is 12.9 Å². The lowest BCUT2D eigenvalue weighted by Crippen LogP contribution is -2.24. The van der Waals surface area contributed by atoms with Crippen molar-refractivity contribution >= 4 is 17.7 Å². The number of thioether (sulfide) groups is 1. The number of hydrogen-bond donors (Lipinski definition) is 1. The third-order valence-electron chi connectivity index (χ3n) is 5.06. The Kier molecular flexibility index (Phi) is 7.83. The van der Waals surface area contributed by atoms with E-state index in [1.54, 1.807) is 7.11 Å². The average molecular weight is 475 g/mol. The first-order valence-electron chi connectivity index (χ1n) is 10.9. The smallest absolute Gasteiger partial charge is 0.230 e. The number of hydrogen-bond acceptors (Lipinski definition) is 6. The molecule has 174 valence electrons. The molecule has 1 heterocycles. The highest BCUT2D eigenvalue weighted by Crippen LogP contribution is 2.29. The molecule has 0 bridgehead atoms. The maximum Gasteiger partial charge on any atom is 0.230 e. The number of carbonyl (C=O) groups is 1. The van der Waals surface area contributed by atoms with E-state index in [9.17, 15) is 4.79 Å². The molecule has 4 rings (SSSR count). The fourth-order valence-electron chi connectivity index (χ4n) is 3.37. The van der Waals surface area contributed by atoms with Gasteiger partial charge in [0.1, 0.15) is 11.5 Å². The highest BCUT2D eigenvalue weighted by molar-refractivity contribution is 7.99. The quantitative estimate of drug-likeness (QED) is 0.332. The third kappa shape index (κ3) is 5.96. The first-order valence-corrected chi connectivity index (χ1v) is 11.9. The maximum atomic E-state index is 12.5. The van der Waals surface area contributed by atoms with Crippen molar-refractivity contribution < 1.29 is 14.3 Å². The van der Waals surface area contributed by atoms with Gasteiger partial charge in [-0.3, -0.25) is 9.36 Å². The summed E-state index contributed by atoms with van der Waals surface area (Å²) in [6.45, 7) is 2.41. The Morgan fingerprint density at radius 2 is 1.68 bits per heavy atom. The maximum absolute atomic E-state index is 12.5. The largest absolute Gasteiger partial charge is 0.497 e. The monoisotopic (exact) mass is 474 g/mol. The molecule has 0 aliphatic rings. The van der Waals surface area contributed by atoms with Crippen LogP contribution in [-0.2, 0) is 11.3 Å². The lowest BCUT2D eigenvalue weighted by atomic mass is 10.2. The van der Waals surface area contributed by atoms with E-state index in [-0.39, 0.29) is 17.8 Å². The van der Waals surface area contributed by atoms with Crippen LogP contribution in [0.5, 0.6) is 11.5 Å². The first-order chi connectivity index (χ1) is 16.6. The zero-order valence-corrected chi connectivity index (χ0v) is 19.9. The van der Waals surface area contributed by atoms with E-state index in [2.05, 4.69) is 15.5 Å². The lowest BCUT2D eigenvalue weighted by Gasteiger charge is -2.17. The summed E-state index contributed by atoms with van der Waals surface area (Å²) in [6.07, 6.45) is -0.388. The summed E-state index contributed by atoms with van der Waals surface area (Å²) in [7, 11) is 1.62. The summed E-state index contributed by atoms with van der Waals surface area (Å²) < 4.78 is 13.4. The molecule has 0 saturated heterocycles. The summed E-state index contributed by atoms with van der Waals surface area (Å²) in [4.78, 5) is 12.5. The van der Waals surface area contributed by atoms with Crippen molar-refractivity contribution in [2.75, 3.05) is 12.9 Å². The summed E-state index contributed by atoms with van der Waals surface area (Å²) >= 11 is 1.34. The highest BCUT2D eigenvalue weighted by atomic mass is 32.2. The van der Waals surface area contributed by atoms with Gasteiger partial charge in [-0.25, -0.2) is 0 Å². The first kappa shape index (κ1) is 23.4. The van der Waals surface area contributed by atoms with Crippen molar-refractivity contribution in [1.82, 2.24) is 20.1 Å². The summed E-state index contributed by atoms with van der Waals surface area (Å²) in [5.41, 5.74) is 1.95. The van der Waals surface area contributed by atoms with Crippen LogP contribution in [0.1, 0.15) is 24.4 Å². The summed E-state index contributed by atoms with van der Waals surface area (Å²) in [5.74, 6) is 2.18. The van der Waals surface area contributed by atoms with Gasteiger partial charge in [0, 0.05) is 18.3 Å². The van der Waals surface area contributed by atoms with Gasteiger partial charge in [-0.05, 0) is 36.8 Å². The standard InChI is InChI=1S/C26H26N4O3S/c1-19(33-23-15-9-14-22(16-23)32-2)25-28-29-26(30(25)21-12-7-4-8-13-21)34-18-24(31)27-17-20-10-5-3-6-11-20/h3-16,19H,17-18H2,1-2H3,(H,27,31). The predicted molar refractivity (Wildman–Crippen MR) is 132 cm³/mol. The van der Waals surface area contributed by atoms with E-state index in [0.717, 1.165) is 11.3 Å². The van der Waals surface area contributed by atoms with Crippen LogP contribution < -0.4 is 14.8 Å². The number of carbonyl (C=O) groups excluding carboxylic acids is 1. The second-order valence-corrected chi connectivity index (χ2v) is 8.44. The van der Waals surface area contributed by atoms with Gasteiger partial charge in [-0.1, -0.05) is 66.4 Å². The van der Waals surface area contributed by atoms with Gasteiger partial charge in [0.2, 0.25) is 5.91 Å². The van der Waals surface area contributed by atoms with E-state index in [1.807, 2.05) is 96.4 Å². The van der Waals surface area contributed by atoms with Gasteiger partial charge in [-0.2, -0.15) is 0 Å². The lowest BCUT2D eigenvalue weighted by molar-refractivity contribution is -0.118. The minimum absolute atomic E-state index is 0.0707. The predicted octanol–water partition coefficient (Wildman–Crippen LogP) is 4.82. The molecule has 1 amide bonds. The molecule has 8 heteroatoms. The topological polar surface area (TPSA) is 78.3 Å². The van der Waals surface area contributed by atoms with Crippen LogP contribution in [0.2, 0.25) is 0 Å². The van der Waals surface area contributed by atoms with Crippen molar-refractivity contribution in [2.24, 2.45) is 0 Å². The fourth-order valence-corrected chi connectivity index (χ4v) is 4.16. The summed E-state index contributed by atoms with van der Waals surface area (Å²) in [6, 6.07) is 27.1. The Bertz CT molecular complexity index is 1220. The van der Waals surface area contributed by atoms with Crippen LogP contribution in [0.4, 0.5) is 0 Å². The van der Waals surface area contributed by atoms with Crippen LogP contribution in [0.3, 0.4) is 0 Å². The third-order valence-corrected chi connectivity index (χ3v) is 5.98. The highest BCUT2D eigenvalue weighted by Gasteiger charge is 2.21. The molecular weight excluding hydrogens is 448 g/mol. The molecule has 1 unspecified atom stereocenters. The van der Waals surface area contributed by atoms with Gasteiger partial charge >= 0.3 is 0 Å². The molecule has 0 aliphatic heterocycles. The van der Waals surface area contributed by atoms with Crippen molar-refractivity contribution in [3.8, 4) is 17.2 Å². The van der Waals surface area contributed by atoms with Crippen LogP contribution in [0.25, 0.3) is 5.69 Å². The Labute approximate surface area is 203 Å². The molecule has 3 aromatic carbocycles. The average Bonchev–Trinajstić information content (AvgIpc) is 3.31. The molecule has 1 N–H and O–H groups in total. The molecule has 0 spiro atoms. The van der Waals surface area contributed by atoms with Crippen molar-refractivity contribution in [3.05, 3.63) is 96.3 Å². The van der Waals surface area contributed by atoms with Crippen molar-refractivity contribution in [3.63, 3.8) is 0 Å². The molecule has 0 saturated carbocycles. The van der Waals surface area contributed by atoms with E-state index in [0.29, 0.717) is 29.0 Å². The minimum atomic E-state index is -0.388. The molecular formula is C26H26N4O3S. The van der Waals surface area contributed by atoms with Gasteiger partial charge in [-0.15, -0.1) is 10.2 Å². The number of amides is 1. The number of nitrogens with one attached hydrogen (secondary N) is 1. The van der Waals surface area contributed by atoms with E-state index in [1.165, 1.54) is 11.8 Å². The zero-order chi connectivity index (χ0) is 23.8. The molecule has 0 radical (unpaired) electrons. The fraction of sp³-hybridized carbons (Fsp3) is 0.192. The molecule has 1 aromatic heterocycles. The molecule has 4 aromatic rings. The molecule has 34 heavy (non-hydrogen) atoms. The van der Waals surface area contributed by atoms with Crippen LogP contribution in [0.15, 0.2) is 90.1 Å². The summed E-state index contributed by atoms with van der Waals surface area (Å²) in [5, 5.41) is 12.3. The molecule has 1 atom stereocenters. The number of aromatic nitrogens is 3. The normalized spacial score (nSPS) is 11.6. The van der Waals surface area contributed by atoms with Crippen molar-refractivity contribution in [2.45, 2.75) is 24.7 Å². The number of nitrogens with zero attached hydrogens (tertiary/aromatic N) is 3. The van der Waals surface area contributed by atoms with E-state index < -0.39 is 0 Å². The number of methoxy groups -OCH3 is 1. The number of para-hydroxylation sites is 1. The second kappa shape index (κ2) is 11.4. The Hall–Kier alpha value is -3.78. The molecule has 7 nitrogen and oxygen atoms in total. The zero-order valence-electron chi connectivity index (χ0n) is 19.0. The molecule has 0 aliphatic carbocycles. The molecule has 0 fully saturated rings. The SMILES string of the molecule is COc1cccc(OC(C)c2nnc(SCC(=O)NCc3ccccc3)n2-c2ccccc2)c1. The Balaban J connectivity index is 1.49.